The predicted molar refractivity (Wildman–Crippen MR) is 68.0 cm³/mol. The van der Waals surface area contributed by atoms with E-state index in [9.17, 15) is 4.79 Å². The van der Waals surface area contributed by atoms with E-state index in [0.29, 0.717) is 6.42 Å². The number of aromatic amines is 1. The summed E-state index contributed by atoms with van der Waals surface area (Å²) < 4.78 is 0. The maximum absolute atomic E-state index is 12.2. The van der Waals surface area contributed by atoms with Crippen LogP contribution in [0.2, 0.25) is 0 Å². The van der Waals surface area contributed by atoms with E-state index >= 15 is 0 Å². The lowest BCUT2D eigenvalue weighted by molar-refractivity contribution is -0.124. The molecule has 0 aliphatic heterocycles. The monoisotopic (exact) mass is 261 g/mol. The molecule has 4 bridgehead atoms. The van der Waals surface area contributed by atoms with E-state index in [1.807, 2.05) is 0 Å². The maximum atomic E-state index is 12.2. The van der Waals surface area contributed by atoms with Crippen LogP contribution >= 0.6 is 0 Å². The van der Waals surface area contributed by atoms with Gasteiger partial charge < -0.3 is 0 Å². The number of hydrogen-bond donors (Lipinski definition) is 2. The Kier molecular flexibility index (Phi) is 2.40. The molecule has 19 heavy (non-hydrogen) atoms. The fourth-order valence-corrected chi connectivity index (χ4v) is 5.23. The van der Waals surface area contributed by atoms with Crippen molar-refractivity contribution in [3.05, 3.63) is 0 Å². The van der Waals surface area contributed by atoms with Crippen LogP contribution in [0.4, 0.5) is 5.95 Å². The number of tetrazole rings is 1. The molecule has 4 aliphatic carbocycles. The Balaban J connectivity index is 1.46. The number of hydrogen-bond acceptors (Lipinski definition) is 4. The molecule has 102 valence electrons. The molecule has 6 heteroatoms. The Morgan fingerprint density at radius 1 is 1.21 bits per heavy atom. The number of H-pyrrole nitrogens is 1. The summed E-state index contributed by atoms with van der Waals surface area (Å²) in [4.78, 5) is 12.2. The molecule has 1 heterocycles. The quantitative estimate of drug-likeness (QED) is 0.868. The van der Waals surface area contributed by atoms with Gasteiger partial charge in [0.25, 0.3) is 5.95 Å². The van der Waals surface area contributed by atoms with Crippen molar-refractivity contribution in [3.63, 3.8) is 0 Å². The van der Waals surface area contributed by atoms with Crippen molar-refractivity contribution >= 4 is 11.9 Å². The van der Waals surface area contributed by atoms with Gasteiger partial charge in [-0.1, -0.05) is 5.10 Å². The molecule has 4 saturated carbocycles. The smallest absolute Gasteiger partial charge is 0.269 e. The Bertz CT molecular complexity index is 448. The van der Waals surface area contributed by atoms with Crippen LogP contribution in [0.15, 0.2) is 0 Å². The standard InChI is InChI=1S/C13H19N5O/c19-11(14-12-15-17-18-16-12)7-13-4-8-1-9(5-13)3-10(2-8)6-13/h8-10H,1-7H2,(H2,14,15,16,17,18,19). The van der Waals surface area contributed by atoms with Crippen LogP contribution in [0, 0.1) is 23.2 Å². The zero-order valence-corrected chi connectivity index (χ0v) is 10.9. The maximum Gasteiger partial charge on any atom is 0.269 e. The molecule has 1 aromatic heterocycles. The molecule has 0 aromatic carbocycles. The van der Waals surface area contributed by atoms with Gasteiger partial charge in [0.15, 0.2) is 0 Å². The number of nitrogens with zero attached hydrogens (tertiary/aromatic N) is 3. The number of rotatable bonds is 3. The molecule has 0 atom stereocenters. The second kappa shape index (κ2) is 4.02. The van der Waals surface area contributed by atoms with Gasteiger partial charge in [0, 0.05) is 6.42 Å². The largest absolute Gasteiger partial charge is 0.292 e. The van der Waals surface area contributed by atoms with E-state index < -0.39 is 0 Å². The highest BCUT2D eigenvalue weighted by Gasteiger charge is 2.51. The third-order valence-electron chi connectivity index (χ3n) is 5.30. The van der Waals surface area contributed by atoms with E-state index in [2.05, 4.69) is 25.9 Å². The Morgan fingerprint density at radius 3 is 2.37 bits per heavy atom. The molecular formula is C13H19N5O. The van der Waals surface area contributed by atoms with Crippen molar-refractivity contribution in [1.82, 2.24) is 20.6 Å². The number of carbonyl (C=O) groups excluding carboxylic acids is 1. The lowest BCUT2D eigenvalue weighted by Gasteiger charge is -2.56. The molecule has 4 aliphatic rings. The van der Waals surface area contributed by atoms with Crippen LogP contribution in [0.25, 0.3) is 0 Å². The van der Waals surface area contributed by atoms with Crippen LogP contribution in [0.5, 0.6) is 0 Å². The highest BCUT2D eigenvalue weighted by molar-refractivity contribution is 5.89. The third-order valence-corrected chi connectivity index (χ3v) is 5.30. The summed E-state index contributed by atoms with van der Waals surface area (Å²) in [6, 6.07) is 0. The molecule has 0 saturated heterocycles. The van der Waals surface area contributed by atoms with Crippen LogP contribution < -0.4 is 5.32 Å². The molecule has 0 unspecified atom stereocenters. The zero-order chi connectivity index (χ0) is 12.9. The second-order valence-corrected chi connectivity index (χ2v) is 6.88. The van der Waals surface area contributed by atoms with Gasteiger partial charge in [-0.15, -0.1) is 5.10 Å². The summed E-state index contributed by atoms with van der Waals surface area (Å²) in [6.45, 7) is 0. The SMILES string of the molecule is O=C(CC12CC3CC(CC(C3)C1)C2)Nc1nn[nH]n1. The molecule has 4 fully saturated rings. The Hall–Kier alpha value is -1.46. The van der Waals surface area contributed by atoms with Gasteiger partial charge in [-0.25, -0.2) is 0 Å². The van der Waals surface area contributed by atoms with Crippen LogP contribution in [-0.4, -0.2) is 26.5 Å². The van der Waals surface area contributed by atoms with Gasteiger partial charge in [-0.2, -0.15) is 5.21 Å². The number of anilines is 1. The summed E-state index contributed by atoms with van der Waals surface area (Å²) in [5.41, 5.74) is 0.266. The summed E-state index contributed by atoms with van der Waals surface area (Å²) in [6.07, 6.45) is 8.60. The summed E-state index contributed by atoms with van der Waals surface area (Å²) >= 11 is 0. The van der Waals surface area contributed by atoms with E-state index in [1.54, 1.807) is 0 Å². The van der Waals surface area contributed by atoms with Gasteiger partial charge in [-0.05, 0) is 66.9 Å². The fraction of sp³-hybridized carbons (Fsp3) is 0.846. The number of amides is 1. The number of carbonyl (C=O) groups is 1. The lowest BCUT2D eigenvalue weighted by Crippen LogP contribution is -2.47. The van der Waals surface area contributed by atoms with E-state index in [0.717, 1.165) is 17.8 Å². The van der Waals surface area contributed by atoms with Gasteiger partial charge >= 0.3 is 0 Å². The van der Waals surface area contributed by atoms with Crippen molar-refractivity contribution < 1.29 is 4.79 Å². The summed E-state index contributed by atoms with van der Waals surface area (Å²) in [7, 11) is 0. The highest BCUT2D eigenvalue weighted by Crippen LogP contribution is 2.61. The molecular weight excluding hydrogens is 242 g/mol. The average molecular weight is 261 g/mol. The first-order valence-electron chi connectivity index (χ1n) is 7.24. The number of aromatic nitrogens is 4. The Morgan fingerprint density at radius 2 is 1.84 bits per heavy atom. The van der Waals surface area contributed by atoms with E-state index in [4.69, 9.17) is 0 Å². The van der Waals surface area contributed by atoms with Crippen LogP contribution in [0.1, 0.15) is 44.9 Å². The predicted octanol–water partition coefficient (Wildman–Crippen LogP) is 1.74. The average Bonchev–Trinajstić information content (AvgIpc) is 2.78. The van der Waals surface area contributed by atoms with Crippen molar-refractivity contribution in [2.45, 2.75) is 44.9 Å². The molecule has 0 spiro atoms. The molecule has 5 rings (SSSR count). The van der Waals surface area contributed by atoms with Gasteiger partial charge in [0.1, 0.15) is 0 Å². The zero-order valence-electron chi connectivity index (χ0n) is 10.9. The van der Waals surface area contributed by atoms with E-state index in [-0.39, 0.29) is 17.3 Å². The summed E-state index contributed by atoms with van der Waals surface area (Å²) in [5, 5.41) is 16.1. The topological polar surface area (TPSA) is 83.6 Å². The summed E-state index contributed by atoms with van der Waals surface area (Å²) in [5.74, 6) is 2.97. The highest BCUT2D eigenvalue weighted by atomic mass is 16.1. The lowest BCUT2D eigenvalue weighted by atomic mass is 9.49. The van der Waals surface area contributed by atoms with Crippen LogP contribution in [-0.2, 0) is 4.79 Å². The normalized spacial score (nSPS) is 39.5. The first kappa shape index (κ1) is 11.4. The molecule has 1 aromatic rings. The van der Waals surface area contributed by atoms with Crippen molar-refractivity contribution in [2.24, 2.45) is 23.2 Å². The minimum Gasteiger partial charge on any atom is -0.292 e. The van der Waals surface area contributed by atoms with Gasteiger partial charge in [0.2, 0.25) is 5.91 Å². The second-order valence-electron chi connectivity index (χ2n) is 6.88. The first-order chi connectivity index (χ1) is 9.21. The third kappa shape index (κ3) is 2.03. The van der Waals surface area contributed by atoms with E-state index in [1.165, 1.54) is 38.5 Å². The van der Waals surface area contributed by atoms with Crippen molar-refractivity contribution in [1.29, 1.82) is 0 Å². The number of nitrogens with one attached hydrogen (secondary N) is 2. The van der Waals surface area contributed by atoms with Crippen LogP contribution in [0.3, 0.4) is 0 Å². The first-order valence-corrected chi connectivity index (χ1v) is 7.24. The minimum absolute atomic E-state index is 0.0448. The van der Waals surface area contributed by atoms with Gasteiger partial charge in [0.05, 0.1) is 0 Å². The van der Waals surface area contributed by atoms with Crippen molar-refractivity contribution in [3.8, 4) is 0 Å². The Labute approximate surface area is 111 Å². The van der Waals surface area contributed by atoms with Gasteiger partial charge in [-0.3, -0.25) is 10.1 Å². The molecule has 6 nitrogen and oxygen atoms in total. The van der Waals surface area contributed by atoms with Crippen molar-refractivity contribution in [2.75, 3.05) is 5.32 Å². The molecule has 1 amide bonds. The fourth-order valence-electron chi connectivity index (χ4n) is 5.23. The molecule has 2 N–H and O–H groups in total. The minimum atomic E-state index is 0.0448. The molecule has 0 radical (unpaired) electrons.